The maximum absolute atomic E-state index is 13.2. The van der Waals surface area contributed by atoms with Gasteiger partial charge in [-0.2, -0.15) is 0 Å². The average Bonchev–Trinajstić information content (AvgIpc) is 2.25. The number of nitrogens with zero attached hydrogens (tertiary/aromatic N) is 2. The first-order chi connectivity index (χ1) is 7.60. The highest BCUT2D eigenvalue weighted by Crippen LogP contribution is 2.23. The molecule has 0 spiro atoms. The monoisotopic (exact) mass is 220 g/mol. The van der Waals surface area contributed by atoms with Crippen molar-refractivity contribution in [1.82, 2.24) is 0 Å². The lowest BCUT2D eigenvalue weighted by Crippen LogP contribution is -2.10. The Hall–Kier alpha value is -1.51. The fraction of sp³-hybridized carbons (Fsp3) is 0.385. The summed E-state index contributed by atoms with van der Waals surface area (Å²) in [5, 5.41) is 0. The van der Waals surface area contributed by atoms with Gasteiger partial charge in [0.15, 0.2) is 0 Å². The summed E-state index contributed by atoms with van der Waals surface area (Å²) < 4.78 is 13.2. The average molecular weight is 220 g/mol. The third kappa shape index (κ3) is 2.75. The molecule has 0 heterocycles. The second-order valence-corrected chi connectivity index (χ2v) is 3.83. The Labute approximate surface area is 95.9 Å². The summed E-state index contributed by atoms with van der Waals surface area (Å²) >= 11 is 0. The molecule has 0 saturated heterocycles. The lowest BCUT2D eigenvalue weighted by molar-refractivity contribution is 0.627. The lowest BCUT2D eigenvalue weighted by Gasteiger charge is -2.12. The Morgan fingerprint density at radius 2 is 2.12 bits per heavy atom. The van der Waals surface area contributed by atoms with Crippen LogP contribution in [0.3, 0.4) is 0 Å². The molecule has 0 fully saturated rings. The predicted molar refractivity (Wildman–Crippen MR) is 67.5 cm³/mol. The minimum Gasteiger partial charge on any atom is -0.289 e. The number of hydrogen-bond acceptors (Lipinski definition) is 2. The standard InChI is InChI=1S/C13H17FN2/c1-5-16-13(9(2)3)11-8-10(14)6-7-12(11)15-4/h6-9H,4-5H2,1-3H3. The molecule has 0 aliphatic rings. The Morgan fingerprint density at radius 1 is 1.44 bits per heavy atom. The Kier molecular flexibility index (Phi) is 4.35. The Balaban J connectivity index is 3.32. The molecule has 0 aliphatic carbocycles. The van der Waals surface area contributed by atoms with E-state index in [4.69, 9.17) is 0 Å². The van der Waals surface area contributed by atoms with Crippen LogP contribution in [0.2, 0.25) is 0 Å². The minimum absolute atomic E-state index is 0.238. The van der Waals surface area contributed by atoms with Crippen LogP contribution in [-0.2, 0) is 0 Å². The van der Waals surface area contributed by atoms with E-state index in [0.717, 1.165) is 11.3 Å². The molecule has 0 radical (unpaired) electrons. The molecule has 0 bridgehead atoms. The second kappa shape index (κ2) is 5.54. The number of aliphatic imine (C=N–C) groups is 2. The fourth-order valence-electron chi connectivity index (χ4n) is 1.60. The molecule has 0 aromatic heterocycles. The minimum atomic E-state index is -0.271. The summed E-state index contributed by atoms with van der Waals surface area (Å²) in [6, 6.07) is 4.49. The van der Waals surface area contributed by atoms with Crippen LogP contribution in [0.5, 0.6) is 0 Å². The number of halogens is 1. The molecule has 0 unspecified atom stereocenters. The van der Waals surface area contributed by atoms with E-state index in [9.17, 15) is 4.39 Å². The van der Waals surface area contributed by atoms with Gasteiger partial charge >= 0.3 is 0 Å². The van der Waals surface area contributed by atoms with Crippen molar-refractivity contribution in [2.45, 2.75) is 20.8 Å². The Morgan fingerprint density at radius 3 is 2.62 bits per heavy atom. The van der Waals surface area contributed by atoms with E-state index in [2.05, 4.69) is 16.7 Å². The lowest BCUT2D eigenvalue weighted by atomic mass is 9.98. The van der Waals surface area contributed by atoms with E-state index >= 15 is 0 Å². The van der Waals surface area contributed by atoms with E-state index in [-0.39, 0.29) is 11.7 Å². The van der Waals surface area contributed by atoms with Crippen LogP contribution < -0.4 is 0 Å². The molecule has 0 atom stereocenters. The highest BCUT2D eigenvalue weighted by atomic mass is 19.1. The van der Waals surface area contributed by atoms with Gasteiger partial charge in [-0.05, 0) is 37.8 Å². The van der Waals surface area contributed by atoms with E-state index in [1.807, 2.05) is 20.8 Å². The third-order valence-electron chi connectivity index (χ3n) is 2.28. The van der Waals surface area contributed by atoms with Crippen molar-refractivity contribution in [2.24, 2.45) is 15.9 Å². The number of benzene rings is 1. The largest absolute Gasteiger partial charge is 0.289 e. The van der Waals surface area contributed by atoms with Crippen LogP contribution in [-0.4, -0.2) is 19.0 Å². The fourth-order valence-corrected chi connectivity index (χ4v) is 1.60. The molecular formula is C13H17FN2. The van der Waals surface area contributed by atoms with Crippen LogP contribution >= 0.6 is 0 Å². The summed E-state index contributed by atoms with van der Waals surface area (Å²) in [6.07, 6.45) is 0. The summed E-state index contributed by atoms with van der Waals surface area (Å²) in [5.41, 5.74) is 2.30. The SMILES string of the molecule is C=Nc1ccc(F)cc1C(=NCC)C(C)C. The first-order valence-electron chi connectivity index (χ1n) is 5.41. The van der Waals surface area contributed by atoms with Gasteiger partial charge in [-0.1, -0.05) is 13.8 Å². The number of hydrogen-bond donors (Lipinski definition) is 0. The molecule has 0 amide bonds. The molecule has 1 rings (SSSR count). The van der Waals surface area contributed by atoms with Crippen molar-refractivity contribution in [3.05, 3.63) is 29.6 Å². The third-order valence-corrected chi connectivity index (χ3v) is 2.28. The number of rotatable bonds is 4. The summed E-state index contributed by atoms with van der Waals surface area (Å²) in [7, 11) is 0. The van der Waals surface area contributed by atoms with Crippen LogP contribution in [0.4, 0.5) is 10.1 Å². The highest BCUT2D eigenvalue weighted by molar-refractivity contribution is 6.05. The highest BCUT2D eigenvalue weighted by Gasteiger charge is 2.13. The van der Waals surface area contributed by atoms with Crippen molar-refractivity contribution in [3.63, 3.8) is 0 Å². The first kappa shape index (κ1) is 12.6. The van der Waals surface area contributed by atoms with Gasteiger partial charge < -0.3 is 0 Å². The maximum Gasteiger partial charge on any atom is 0.124 e. The van der Waals surface area contributed by atoms with Crippen molar-refractivity contribution in [1.29, 1.82) is 0 Å². The molecule has 86 valence electrons. The van der Waals surface area contributed by atoms with Gasteiger partial charge in [0.1, 0.15) is 5.82 Å². The molecule has 0 saturated carbocycles. The smallest absolute Gasteiger partial charge is 0.124 e. The zero-order valence-corrected chi connectivity index (χ0v) is 10.00. The van der Waals surface area contributed by atoms with Gasteiger partial charge in [-0.3, -0.25) is 9.98 Å². The van der Waals surface area contributed by atoms with Crippen molar-refractivity contribution < 1.29 is 4.39 Å². The van der Waals surface area contributed by atoms with Crippen molar-refractivity contribution in [2.75, 3.05) is 6.54 Å². The summed E-state index contributed by atoms with van der Waals surface area (Å²) in [4.78, 5) is 8.31. The molecule has 0 aliphatic heterocycles. The van der Waals surface area contributed by atoms with Gasteiger partial charge in [0.25, 0.3) is 0 Å². The molecular weight excluding hydrogens is 203 g/mol. The van der Waals surface area contributed by atoms with Gasteiger partial charge in [0, 0.05) is 17.8 Å². The first-order valence-corrected chi connectivity index (χ1v) is 5.41. The molecule has 3 heteroatoms. The van der Waals surface area contributed by atoms with E-state index in [1.54, 1.807) is 6.07 Å². The van der Waals surface area contributed by atoms with Crippen LogP contribution in [0.1, 0.15) is 26.3 Å². The normalized spacial score (nSPS) is 11.9. The van der Waals surface area contributed by atoms with Gasteiger partial charge in [-0.25, -0.2) is 4.39 Å². The summed E-state index contributed by atoms with van der Waals surface area (Å²) in [6.45, 7) is 10.2. The quantitative estimate of drug-likeness (QED) is 0.692. The molecule has 16 heavy (non-hydrogen) atoms. The van der Waals surface area contributed by atoms with Crippen molar-refractivity contribution in [3.8, 4) is 0 Å². The van der Waals surface area contributed by atoms with Crippen LogP contribution in [0.15, 0.2) is 28.2 Å². The molecule has 1 aromatic carbocycles. The van der Waals surface area contributed by atoms with Crippen LogP contribution in [0, 0.1) is 11.7 Å². The summed E-state index contributed by atoms with van der Waals surface area (Å²) in [5.74, 6) is -0.0332. The van der Waals surface area contributed by atoms with E-state index in [0.29, 0.717) is 12.2 Å². The Bertz CT molecular complexity index is 408. The zero-order chi connectivity index (χ0) is 12.1. The zero-order valence-electron chi connectivity index (χ0n) is 10.00. The molecule has 2 nitrogen and oxygen atoms in total. The van der Waals surface area contributed by atoms with Crippen LogP contribution in [0.25, 0.3) is 0 Å². The molecule has 1 aromatic rings. The van der Waals surface area contributed by atoms with Gasteiger partial charge in [0.05, 0.1) is 5.69 Å². The van der Waals surface area contributed by atoms with E-state index < -0.39 is 0 Å². The van der Waals surface area contributed by atoms with Crippen molar-refractivity contribution >= 4 is 18.1 Å². The maximum atomic E-state index is 13.2. The van der Waals surface area contributed by atoms with Gasteiger partial charge in [-0.15, -0.1) is 0 Å². The second-order valence-electron chi connectivity index (χ2n) is 3.83. The predicted octanol–water partition coefficient (Wildman–Crippen LogP) is 3.62. The topological polar surface area (TPSA) is 24.7 Å². The van der Waals surface area contributed by atoms with E-state index in [1.165, 1.54) is 12.1 Å². The van der Waals surface area contributed by atoms with Gasteiger partial charge in [0.2, 0.25) is 0 Å². The molecule has 0 N–H and O–H groups in total.